The quantitative estimate of drug-likeness (QED) is 0.0741. The van der Waals surface area contributed by atoms with E-state index >= 15 is 0 Å². The molecule has 0 N–H and O–H groups in total. The number of methoxy groups -OCH3 is 1. The van der Waals surface area contributed by atoms with Gasteiger partial charge in [-0.2, -0.15) is 0 Å². The topological polar surface area (TPSA) is 72.4 Å². The predicted molar refractivity (Wildman–Crippen MR) is 324 cm³/mol. The Labute approximate surface area is 441 Å². The van der Waals surface area contributed by atoms with Gasteiger partial charge in [0, 0.05) is 21.9 Å². The van der Waals surface area contributed by atoms with Crippen LogP contribution in [0.1, 0.15) is 112 Å². The molecule has 0 aliphatic carbocycles. The number of hydrogen-bond donors (Lipinski definition) is 0. The van der Waals surface area contributed by atoms with Crippen LogP contribution in [-0.4, -0.2) is 46.0 Å². The summed E-state index contributed by atoms with van der Waals surface area (Å²) in [5.41, 5.74) is 8.97. The number of fused-ring (bicyclic) bond motifs is 3. The molecule has 72 heavy (non-hydrogen) atoms. The van der Waals surface area contributed by atoms with E-state index in [0.29, 0.717) is 18.1 Å². The van der Waals surface area contributed by atoms with Crippen molar-refractivity contribution in [2.24, 2.45) is 0 Å². The average Bonchev–Trinajstić information content (AvgIpc) is 3.36. The minimum atomic E-state index is -2.24. The molecule has 0 radical (unpaired) electrons. The Kier molecular flexibility index (Phi) is 15.9. The highest BCUT2D eigenvalue weighted by atomic mass is 31.2. The molecule has 5 aromatic rings. The van der Waals surface area contributed by atoms with E-state index in [9.17, 15) is 0 Å². The van der Waals surface area contributed by atoms with E-state index in [1.807, 2.05) is 6.92 Å². The van der Waals surface area contributed by atoms with Crippen molar-refractivity contribution in [2.45, 2.75) is 190 Å². The summed E-state index contributed by atoms with van der Waals surface area (Å²) in [5.74, 6) is 2.55. The maximum absolute atomic E-state index is 7.81. The van der Waals surface area contributed by atoms with Gasteiger partial charge in [-0.05, 0) is 101 Å². The van der Waals surface area contributed by atoms with Gasteiger partial charge in [0.05, 0.1) is 46.0 Å². The molecule has 7 nitrogen and oxygen atoms in total. The van der Waals surface area contributed by atoms with Crippen molar-refractivity contribution < 1.29 is 31.2 Å². The van der Waals surface area contributed by atoms with Gasteiger partial charge in [0.2, 0.25) is 0 Å². The minimum Gasteiger partial charge on any atom is -0.493 e. The molecular formula is C59H90O7P2Si4. The van der Waals surface area contributed by atoms with Crippen LogP contribution in [0.25, 0.3) is 33.1 Å². The first-order valence-electron chi connectivity index (χ1n) is 25.8. The lowest BCUT2D eigenvalue weighted by molar-refractivity contribution is 0.201. The van der Waals surface area contributed by atoms with Crippen molar-refractivity contribution in [3.8, 4) is 22.6 Å². The van der Waals surface area contributed by atoms with Crippen LogP contribution in [0, 0.1) is 0 Å². The summed E-state index contributed by atoms with van der Waals surface area (Å²) >= 11 is 0. The smallest absolute Gasteiger partial charge is 0.463 e. The Balaban J connectivity index is 1.87. The number of hydrogen-bond acceptors (Lipinski definition) is 7. The van der Waals surface area contributed by atoms with Crippen LogP contribution in [0.5, 0.6) is 11.5 Å². The zero-order chi connectivity index (χ0) is 54.4. The highest BCUT2D eigenvalue weighted by Crippen LogP contribution is 2.53. The van der Waals surface area contributed by atoms with Gasteiger partial charge in [0.1, 0.15) is 22.7 Å². The molecule has 1 atom stereocenters. The third-order valence-electron chi connectivity index (χ3n) is 13.7. The van der Waals surface area contributed by atoms with Gasteiger partial charge in [0.25, 0.3) is 0 Å². The third-order valence-corrected chi connectivity index (χ3v) is 23.7. The summed E-state index contributed by atoms with van der Waals surface area (Å²) in [6.07, 6.45) is 0. The van der Waals surface area contributed by atoms with E-state index in [1.165, 1.54) is 43.0 Å². The molecule has 6 rings (SSSR count). The number of benzene rings is 4. The standard InChI is InChI=1S/C59H90O7P2Si4/c1-37-36-61-67(62-51(37)38(2)60-15)63-52-43(28-39(56(3,4)5)32-47(52)69(16,17)18)44-29-40(57(6,7)8)33-48(70(19,20)21)53(44)64-68-65-54-45(30-41(58(9,10)11)34-49(54)71(22,23)24)46-31-42(59(12,13)14)35-50(55(46)66-68)72(25,26)27/h28-35H,2,36H2,1,3-27H3. The zero-order valence-corrected chi connectivity index (χ0v) is 55.1. The molecule has 0 spiro atoms. The fourth-order valence-electron chi connectivity index (χ4n) is 8.84. The largest absolute Gasteiger partial charge is 0.493 e. The molecule has 394 valence electrons. The van der Waals surface area contributed by atoms with E-state index in [0.717, 1.165) is 50.1 Å². The summed E-state index contributed by atoms with van der Waals surface area (Å²) in [6, 6.07) is 19.1. The van der Waals surface area contributed by atoms with Crippen molar-refractivity contribution in [3.63, 3.8) is 0 Å². The average molecular weight is 1090 g/mol. The van der Waals surface area contributed by atoms with Crippen LogP contribution in [0.15, 0.2) is 80.6 Å². The SMILES string of the molecule is C=C(OC)C1=C(C)COP(Oc2c(-c3cc(C(C)(C)C)cc([Si](C)(C)C)c3Op3oc4c([Si](C)(C)C)cc(C(C)(C)C)cc4c4cc(C(C)(C)C)cc([Si](C)(C)C)c4o3)cc(C(C)(C)C)cc2[Si](C)(C)C)O1. The minimum absolute atomic E-state index is 0.100. The fourth-order valence-corrected chi connectivity index (χ4v) is 17.4. The number of ether oxygens (including phenoxy) is 1. The Morgan fingerprint density at radius 1 is 0.500 bits per heavy atom. The van der Waals surface area contributed by atoms with Crippen LogP contribution in [0.4, 0.5) is 0 Å². The summed E-state index contributed by atoms with van der Waals surface area (Å²) in [6.45, 7) is 63.0. The number of rotatable bonds is 11. The van der Waals surface area contributed by atoms with Crippen molar-refractivity contribution in [1.82, 2.24) is 0 Å². The molecule has 13 heteroatoms. The second-order valence-corrected chi connectivity index (χ2v) is 50.7. The predicted octanol–water partition coefficient (Wildman–Crippen LogP) is 17.3. The Bertz CT molecular complexity index is 2890. The van der Waals surface area contributed by atoms with E-state index in [2.05, 4.69) is 217 Å². The fraction of sp³-hybridized carbons (Fsp3) is 0.525. The molecule has 0 saturated heterocycles. The Morgan fingerprint density at radius 2 is 0.833 bits per heavy atom. The summed E-state index contributed by atoms with van der Waals surface area (Å²) < 4.78 is 48.8. The van der Waals surface area contributed by atoms with Gasteiger partial charge in [-0.1, -0.05) is 192 Å². The van der Waals surface area contributed by atoms with Crippen LogP contribution in [0.3, 0.4) is 0 Å². The van der Waals surface area contributed by atoms with Gasteiger partial charge >= 0.3 is 16.8 Å². The van der Waals surface area contributed by atoms with Gasteiger partial charge < -0.3 is 26.7 Å². The van der Waals surface area contributed by atoms with Gasteiger partial charge in [-0.25, -0.2) is 0 Å². The molecule has 1 unspecified atom stereocenters. The van der Waals surface area contributed by atoms with E-state index in [-0.39, 0.29) is 21.7 Å². The van der Waals surface area contributed by atoms with Gasteiger partial charge in [0.15, 0.2) is 11.5 Å². The van der Waals surface area contributed by atoms with E-state index in [4.69, 9.17) is 31.2 Å². The maximum Gasteiger partial charge on any atom is 0.463 e. The maximum atomic E-state index is 7.81. The van der Waals surface area contributed by atoms with E-state index < -0.39 is 49.1 Å². The lowest BCUT2D eigenvalue weighted by atomic mass is 9.83. The molecular weight excluding hydrogens is 995 g/mol. The molecule has 2 heterocycles. The molecule has 0 fully saturated rings. The first kappa shape index (κ1) is 58.0. The molecule has 1 aliphatic heterocycles. The summed E-state index contributed by atoms with van der Waals surface area (Å²) in [5, 5.41) is 7.09. The van der Waals surface area contributed by atoms with Crippen LogP contribution in [-0.2, 0) is 35.4 Å². The lowest BCUT2D eigenvalue weighted by Crippen LogP contribution is -2.40. The van der Waals surface area contributed by atoms with E-state index in [1.54, 1.807) is 7.11 Å². The van der Waals surface area contributed by atoms with Crippen molar-refractivity contribution in [1.29, 1.82) is 0 Å². The van der Waals surface area contributed by atoms with Crippen molar-refractivity contribution in [2.75, 3.05) is 13.7 Å². The van der Waals surface area contributed by atoms with Crippen molar-refractivity contribution >= 4 is 91.8 Å². The summed E-state index contributed by atoms with van der Waals surface area (Å²) in [4.78, 5) is 0. The molecule has 0 amide bonds. The second-order valence-electron chi connectivity index (χ2n) is 28.5. The van der Waals surface area contributed by atoms with Crippen LogP contribution >= 0.6 is 16.8 Å². The highest BCUT2D eigenvalue weighted by Gasteiger charge is 2.38. The zero-order valence-electron chi connectivity index (χ0n) is 49.3. The van der Waals surface area contributed by atoms with Crippen molar-refractivity contribution in [3.05, 3.63) is 94.5 Å². The first-order valence-corrected chi connectivity index (χ1v) is 42.0. The molecule has 1 aromatic heterocycles. The molecule has 0 saturated carbocycles. The molecule has 0 bridgehead atoms. The van der Waals surface area contributed by atoms with Gasteiger partial charge in [-0.3, -0.25) is 4.52 Å². The first-order chi connectivity index (χ1) is 32.5. The normalized spacial score (nSPS) is 15.8. The van der Waals surface area contributed by atoms with Gasteiger partial charge in [-0.15, -0.1) is 0 Å². The Morgan fingerprint density at radius 3 is 1.17 bits per heavy atom. The van der Waals surface area contributed by atoms with Crippen LogP contribution in [0.2, 0.25) is 78.6 Å². The highest BCUT2D eigenvalue weighted by molar-refractivity contribution is 7.42. The summed E-state index contributed by atoms with van der Waals surface area (Å²) in [7, 11) is -11.0. The lowest BCUT2D eigenvalue weighted by Gasteiger charge is -2.33. The Hall–Kier alpha value is -3.28. The van der Waals surface area contributed by atoms with Crippen LogP contribution < -0.4 is 29.8 Å². The molecule has 4 aromatic carbocycles. The molecule has 1 aliphatic rings. The third kappa shape index (κ3) is 12.5. The monoisotopic (exact) mass is 1080 g/mol. The second kappa shape index (κ2) is 19.7.